The van der Waals surface area contributed by atoms with Crippen LogP contribution >= 0.6 is 0 Å². The van der Waals surface area contributed by atoms with Crippen molar-refractivity contribution in [1.82, 2.24) is 19.4 Å². The summed E-state index contributed by atoms with van der Waals surface area (Å²) in [6.07, 6.45) is -0.430. The molecule has 2 aromatic heterocycles. The van der Waals surface area contributed by atoms with Gasteiger partial charge in [0.15, 0.2) is 5.65 Å². The van der Waals surface area contributed by atoms with Crippen LogP contribution in [0.4, 0.5) is 25.1 Å². The zero-order valence-electron chi connectivity index (χ0n) is 26.1. The molecule has 1 fully saturated rings. The van der Waals surface area contributed by atoms with Crippen LogP contribution in [-0.2, 0) is 4.74 Å². The molecule has 232 valence electrons. The lowest BCUT2D eigenvalue weighted by Gasteiger charge is -2.41. The number of rotatable bonds is 4. The van der Waals surface area contributed by atoms with Gasteiger partial charge in [-0.25, -0.2) is 27.9 Å². The topological polar surface area (TPSA) is 107 Å². The van der Waals surface area contributed by atoms with E-state index in [1.165, 1.54) is 22.8 Å². The number of nitrogen functional groups attached to an aromatic ring is 1. The van der Waals surface area contributed by atoms with E-state index in [9.17, 15) is 9.59 Å². The van der Waals surface area contributed by atoms with E-state index in [2.05, 4.69) is 9.97 Å². The van der Waals surface area contributed by atoms with Gasteiger partial charge in [-0.2, -0.15) is 4.98 Å². The Labute approximate surface area is 255 Å². The fourth-order valence-corrected chi connectivity index (χ4v) is 5.66. The molecule has 0 bridgehead atoms. The van der Waals surface area contributed by atoms with Gasteiger partial charge in [-0.3, -0.25) is 0 Å². The van der Waals surface area contributed by atoms with Gasteiger partial charge in [-0.1, -0.05) is 32.0 Å². The number of halogens is 2. The van der Waals surface area contributed by atoms with Crippen molar-refractivity contribution < 1.29 is 18.3 Å². The van der Waals surface area contributed by atoms with Gasteiger partial charge in [-0.15, -0.1) is 0 Å². The Kier molecular flexibility index (Phi) is 8.09. The summed E-state index contributed by atoms with van der Waals surface area (Å²) in [6, 6.07) is 10.6. The lowest BCUT2D eigenvalue weighted by molar-refractivity contribution is 0.0218. The van der Waals surface area contributed by atoms with Gasteiger partial charge in [0, 0.05) is 36.9 Å². The summed E-state index contributed by atoms with van der Waals surface area (Å²) in [5.74, 6) is -1.22. The van der Waals surface area contributed by atoms with E-state index >= 15 is 8.78 Å². The highest BCUT2D eigenvalue weighted by molar-refractivity contribution is 5.91. The molecule has 0 radical (unpaired) electrons. The predicted molar refractivity (Wildman–Crippen MR) is 168 cm³/mol. The summed E-state index contributed by atoms with van der Waals surface area (Å²) in [6.45, 7) is 14.2. The number of aromatic nitrogens is 3. The third-order valence-corrected chi connectivity index (χ3v) is 7.72. The standard InChI is InChI=1S/C33H38F2N6O3/c1-18(2)22-10-8-9-19(3)28(22)41-30-24(16-26(35)27(37-30)23-12-11-21(36)15-25(23)34)29(38-31(41)42)40-14-13-39(17-20(40)4)32(43)44-33(5,6)7/h8-12,15-16,18,20H,13-14,17,36H2,1-7H3/t20-/m0/s1. The first kappa shape index (κ1) is 30.9. The van der Waals surface area contributed by atoms with Crippen LogP contribution < -0.4 is 16.3 Å². The lowest BCUT2D eigenvalue weighted by atomic mass is 9.98. The maximum absolute atomic E-state index is 15.9. The van der Waals surface area contributed by atoms with Crippen LogP contribution in [0.5, 0.6) is 0 Å². The van der Waals surface area contributed by atoms with Crippen molar-refractivity contribution in [3.63, 3.8) is 0 Å². The summed E-state index contributed by atoms with van der Waals surface area (Å²) in [5, 5.41) is 0.289. The molecule has 1 saturated heterocycles. The fourth-order valence-electron chi connectivity index (χ4n) is 5.66. The van der Waals surface area contributed by atoms with Crippen LogP contribution in [0, 0.1) is 18.6 Å². The minimum atomic E-state index is -0.775. The van der Waals surface area contributed by atoms with E-state index in [-0.39, 0.29) is 45.8 Å². The smallest absolute Gasteiger partial charge is 0.410 e. The molecule has 3 heterocycles. The van der Waals surface area contributed by atoms with Crippen molar-refractivity contribution in [3.8, 4) is 16.9 Å². The molecule has 0 saturated carbocycles. The van der Waals surface area contributed by atoms with Crippen LogP contribution in [0.3, 0.4) is 0 Å². The molecular weight excluding hydrogens is 566 g/mol. The monoisotopic (exact) mass is 604 g/mol. The van der Waals surface area contributed by atoms with Gasteiger partial charge in [0.25, 0.3) is 0 Å². The van der Waals surface area contributed by atoms with E-state index < -0.39 is 29.0 Å². The Morgan fingerprint density at radius 1 is 1.07 bits per heavy atom. The first-order chi connectivity index (χ1) is 20.7. The number of amides is 1. The summed E-state index contributed by atoms with van der Waals surface area (Å²) >= 11 is 0. The molecule has 0 unspecified atom stereocenters. The van der Waals surface area contributed by atoms with Crippen LogP contribution in [0.15, 0.2) is 47.3 Å². The molecular formula is C33H38F2N6O3. The number of carbonyl (C=O) groups is 1. The minimum Gasteiger partial charge on any atom is -0.444 e. The summed E-state index contributed by atoms with van der Waals surface area (Å²) in [5.41, 5.74) is 6.79. The number of fused-ring (bicyclic) bond motifs is 1. The molecule has 1 aliphatic heterocycles. The molecule has 9 nitrogen and oxygen atoms in total. The van der Waals surface area contributed by atoms with Crippen molar-refractivity contribution in [1.29, 1.82) is 0 Å². The first-order valence-corrected chi connectivity index (χ1v) is 14.7. The van der Waals surface area contributed by atoms with Gasteiger partial charge >= 0.3 is 11.8 Å². The van der Waals surface area contributed by atoms with Crippen molar-refractivity contribution in [2.24, 2.45) is 0 Å². The summed E-state index contributed by atoms with van der Waals surface area (Å²) in [7, 11) is 0. The van der Waals surface area contributed by atoms with Gasteiger partial charge in [0.2, 0.25) is 0 Å². The quantitative estimate of drug-likeness (QED) is 0.277. The van der Waals surface area contributed by atoms with Crippen molar-refractivity contribution in [2.45, 2.75) is 66.0 Å². The van der Waals surface area contributed by atoms with E-state index in [4.69, 9.17) is 10.5 Å². The predicted octanol–water partition coefficient (Wildman–Crippen LogP) is 6.19. The zero-order chi connectivity index (χ0) is 32.1. The van der Waals surface area contributed by atoms with Gasteiger partial charge in [0.1, 0.15) is 28.7 Å². The second-order valence-electron chi connectivity index (χ2n) is 12.6. The molecule has 44 heavy (non-hydrogen) atoms. The van der Waals surface area contributed by atoms with E-state index in [1.54, 1.807) is 25.7 Å². The highest BCUT2D eigenvalue weighted by Gasteiger charge is 2.33. The number of carbonyl (C=O) groups excluding carboxylic acids is 1. The number of hydrogen-bond donors (Lipinski definition) is 1. The van der Waals surface area contributed by atoms with E-state index in [0.29, 0.717) is 25.3 Å². The number of aryl methyl sites for hydroxylation is 1. The Balaban J connectivity index is 1.73. The molecule has 2 N–H and O–H groups in total. The third-order valence-electron chi connectivity index (χ3n) is 7.72. The highest BCUT2D eigenvalue weighted by atomic mass is 19.1. The molecule has 4 aromatic rings. The number of pyridine rings is 1. The largest absolute Gasteiger partial charge is 0.444 e. The maximum Gasteiger partial charge on any atom is 0.410 e. The number of hydrogen-bond acceptors (Lipinski definition) is 7. The lowest BCUT2D eigenvalue weighted by Crippen LogP contribution is -2.55. The number of benzene rings is 2. The summed E-state index contributed by atoms with van der Waals surface area (Å²) in [4.78, 5) is 39.4. The molecule has 0 aliphatic carbocycles. The number of para-hydroxylation sites is 1. The average molecular weight is 605 g/mol. The van der Waals surface area contributed by atoms with Gasteiger partial charge in [-0.05, 0) is 75.9 Å². The molecule has 1 atom stereocenters. The Morgan fingerprint density at radius 2 is 1.80 bits per heavy atom. The first-order valence-electron chi connectivity index (χ1n) is 14.7. The third kappa shape index (κ3) is 5.82. The molecule has 2 aromatic carbocycles. The molecule has 0 spiro atoms. The van der Waals surface area contributed by atoms with E-state index in [0.717, 1.165) is 17.2 Å². The SMILES string of the molecule is Cc1cccc(C(C)C)c1-n1c(=O)nc(N2CCN(C(=O)OC(C)(C)C)C[C@@H]2C)c2cc(F)c(-c3ccc(N)cc3F)nc21. The molecule has 5 rings (SSSR count). The van der Waals surface area contributed by atoms with Crippen molar-refractivity contribution >= 4 is 28.6 Å². The van der Waals surface area contributed by atoms with Gasteiger partial charge < -0.3 is 20.3 Å². The number of ether oxygens (including phenoxy) is 1. The number of anilines is 2. The minimum absolute atomic E-state index is 0.0435. The second-order valence-corrected chi connectivity index (χ2v) is 12.6. The Bertz CT molecular complexity index is 1810. The van der Waals surface area contributed by atoms with Gasteiger partial charge in [0.05, 0.1) is 11.1 Å². The second kappa shape index (κ2) is 11.5. The van der Waals surface area contributed by atoms with E-state index in [1.807, 2.05) is 50.8 Å². The molecule has 11 heteroatoms. The molecule has 1 aliphatic rings. The Morgan fingerprint density at radius 3 is 2.43 bits per heavy atom. The van der Waals surface area contributed by atoms with Crippen molar-refractivity contribution in [3.05, 3.63) is 75.7 Å². The average Bonchev–Trinajstić information content (AvgIpc) is 2.92. The zero-order valence-corrected chi connectivity index (χ0v) is 26.1. The Hall–Kier alpha value is -4.54. The van der Waals surface area contributed by atoms with Crippen LogP contribution in [0.1, 0.15) is 58.6 Å². The molecule has 1 amide bonds. The number of nitrogens with zero attached hydrogens (tertiary/aromatic N) is 5. The maximum atomic E-state index is 15.9. The van der Waals surface area contributed by atoms with Crippen molar-refractivity contribution in [2.75, 3.05) is 30.3 Å². The van der Waals surface area contributed by atoms with Crippen LogP contribution in [0.2, 0.25) is 0 Å². The summed E-state index contributed by atoms with van der Waals surface area (Å²) < 4.78 is 37.9. The fraction of sp³-hybridized carbons (Fsp3) is 0.394. The number of nitrogens with two attached hydrogens (primary N) is 1. The van der Waals surface area contributed by atoms with Crippen LogP contribution in [-0.4, -0.2) is 56.8 Å². The number of piperazine rings is 1. The highest BCUT2D eigenvalue weighted by Crippen LogP contribution is 2.34. The normalized spacial score (nSPS) is 15.7. The van der Waals surface area contributed by atoms with Crippen LogP contribution in [0.25, 0.3) is 28.0 Å².